The van der Waals surface area contributed by atoms with Crippen LogP contribution in [0.1, 0.15) is 17.2 Å². The van der Waals surface area contributed by atoms with E-state index >= 15 is 0 Å². The van der Waals surface area contributed by atoms with Crippen molar-refractivity contribution in [2.24, 2.45) is 0 Å². The van der Waals surface area contributed by atoms with Gasteiger partial charge in [-0.25, -0.2) is 4.98 Å². The maximum atomic E-state index is 5.94. The van der Waals surface area contributed by atoms with Crippen molar-refractivity contribution in [1.29, 1.82) is 0 Å². The van der Waals surface area contributed by atoms with Gasteiger partial charge in [-0.15, -0.1) is 0 Å². The van der Waals surface area contributed by atoms with E-state index in [1.54, 1.807) is 12.3 Å². The Bertz CT molecular complexity index is 499. The van der Waals surface area contributed by atoms with Gasteiger partial charge in [-0.05, 0) is 18.7 Å². The summed E-state index contributed by atoms with van der Waals surface area (Å²) in [5, 5.41) is 3.69. The van der Waals surface area contributed by atoms with E-state index in [4.69, 9.17) is 17.3 Å². The number of anilines is 1. The smallest absolute Gasteiger partial charge is 0.129 e. The third-order valence-corrected chi connectivity index (χ3v) is 2.87. The minimum absolute atomic E-state index is 0.0247. The second kappa shape index (κ2) is 5.17. The van der Waals surface area contributed by atoms with Crippen LogP contribution in [-0.4, -0.2) is 12.0 Å². The highest BCUT2D eigenvalue weighted by Crippen LogP contribution is 2.27. The standard InChI is InChI=1S/C13H14ClN3/c1-16-13(9-5-3-2-4-6-9)10-7-12(14)17-8-11(10)15/h2-8,13,16H,15H2,1H3. The van der Waals surface area contributed by atoms with Crippen molar-refractivity contribution in [1.82, 2.24) is 10.3 Å². The molecule has 0 amide bonds. The Kier molecular flexibility index (Phi) is 3.61. The van der Waals surface area contributed by atoms with Gasteiger partial charge in [0.25, 0.3) is 0 Å². The first kappa shape index (κ1) is 11.9. The molecule has 1 aromatic heterocycles. The third-order valence-electron chi connectivity index (χ3n) is 2.67. The first-order valence-corrected chi connectivity index (χ1v) is 5.73. The molecule has 0 aliphatic heterocycles. The first-order chi connectivity index (χ1) is 8.22. The van der Waals surface area contributed by atoms with E-state index in [9.17, 15) is 0 Å². The molecule has 1 heterocycles. The number of benzene rings is 1. The summed E-state index contributed by atoms with van der Waals surface area (Å²) in [6.45, 7) is 0. The summed E-state index contributed by atoms with van der Waals surface area (Å²) in [5.41, 5.74) is 8.66. The second-order valence-corrected chi connectivity index (χ2v) is 4.16. The fraction of sp³-hybridized carbons (Fsp3) is 0.154. The lowest BCUT2D eigenvalue weighted by Crippen LogP contribution is -2.19. The average molecular weight is 248 g/mol. The molecule has 1 unspecified atom stereocenters. The van der Waals surface area contributed by atoms with E-state index in [-0.39, 0.29) is 6.04 Å². The minimum atomic E-state index is 0.0247. The van der Waals surface area contributed by atoms with Crippen molar-refractivity contribution in [3.05, 3.63) is 58.9 Å². The SMILES string of the molecule is CNC(c1ccccc1)c1cc(Cl)ncc1N. The number of rotatable bonds is 3. The molecule has 0 saturated carbocycles. The van der Waals surface area contributed by atoms with E-state index in [2.05, 4.69) is 22.4 Å². The minimum Gasteiger partial charge on any atom is -0.397 e. The quantitative estimate of drug-likeness (QED) is 0.820. The zero-order valence-electron chi connectivity index (χ0n) is 9.52. The molecule has 0 fully saturated rings. The predicted molar refractivity (Wildman–Crippen MR) is 71.0 cm³/mol. The molecule has 2 aromatic rings. The van der Waals surface area contributed by atoms with Crippen LogP contribution in [0.15, 0.2) is 42.6 Å². The van der Waals surface area contributed by atoms with Crippen LogP contribution >= 0.6 is 11.6 Å². The van der Waals surface area contributed by atoms with Gasteiger partial charge in [0.05, 0.1) is 17.9 Å². The van der Waals surface area contributed by atoms with Crippen molar-refractivity contribution >= 4 is 17.3 Å². The molecular formula is C13H14ClN3. The molecule has 0 spiro atoms. The normalized spacial score (nSPS) is 12.4. The van der Waals surface area contributed by atoms with Crippen molar-refractivity contribution in [3.63, 3.8) is 0 Å². The Hall–Kier alpha value is -1.58. The summed E-state index contributed by atoms with van der Waals surface area (Å²) >= 11 is 5.91. The molecule has 17 heavy (non-hydrogen) atoms. The lowest BCUT2D eigenvalue weighted by Gasteiger charge is -2.18. The third kappa shape index (κ3) is 2.57. The summed E-state index contributed by atoms with van der Waals surface area (Å²) in [7, 11) is 1.89. The van der Waals surface area contributed by atoms with Crippen LogP contribution in [0.3, 0.4) is 0 Å². The van der Waals surface area contributed by atoms with E-state index in [1.807, 2.05) is 25.2 Å². The molecule has 0 aliphatic carbocycles. The Morgan fingerprint density at radius 2 is 2.00 bits per heavy atom. The largest absolute Gasteiger partial charge is 0.397 e. The van der Waals surface area contributed by atoms with Crippen LogP contribution in [0, 0.1) is 0 Å². The Morgan fingerprint density at radius 1 is 1.29 bits per heavy atom. The van der Waals surface area contributed by atoms with Gasteiger partial charge in [0.1, 0.15) is 5.15 Å². The topological polar surface area (TPSA) is 50.9 Å². The van der Waals surface area contributed by atoms with Gasteiger partial charge in [0.15, 0.2) is 0 Å². The molecule has 2 rings (SSSR count). The Morgan fingerprint density at radius 3 is 2.65 bits per heavy atom. The van der Waals surface area contributed by atoms with Crippen molar-refractivity contribution in [3.8, 4) is 0 Å². The first-order valence-electron chi connectivity index (χ1n) is 5.35. The van der Waals surface area contributed by atoms with Crippen LogP contribution in [-0.2, 0) is 0 Å². The van der Waals surface area contributed by atoms with Crippen molar-refractivity contribution in [2.45, 2.75) is 6.04 Å². The molecule has 3 nitrogen and oxygen atoms in total. The zero-order valence-corrected chi connectivity index (χ0v) is 10.3. The molecule has 1 aromatic carbocycles. The number of pyridine rings is 1. The average Bonchev–Trinajstić information content (AvgIpc) is 2.36. The maximum absolute atomic E-state index is 5.94. The number of nitrogens with two attached hydrogens (primary N) is 1. The molecule has 0 saturated heterocycles. The van der Waals surface area contributed by atoms with Gasteiger partial charge < -0.3 is 11.1 Å². The van der Waals surface area contributed by atoms with E-state index < -0.39 is 0 Å². The van der Waals surface area contributed by atoms with Crippen LogP contribution in [0.25, 0.3) is 0 Å². The number of nitrogens with one attached hydrogen (secondary N) is 1. The van der Waals surface area contributed by atoms with Gasteiger partial charge in [-0.1, -0.05) is 41.9 Å². The maximum Gasteiger partial charge on any atom is 0.129 e. The van der Waals surface area contributed by atoms with Gasteiger partial charge in [-0.2, -0.15) is 0 Å². The highest BCUT2D eigenvalue weighted by molar-refractivity contribution is 6.29. The zero-order chi connectivity index (χ0) is 12.3. The summed E-state index contributed by atoms with van der Waals surface area (Å²) in [4.78, 5) is 3.96. The highest BCUT2D eigenvalue weighted by atomic mass is 35.5. The molecule has 0 radical (unpaired) electrons. The summed E-state index contributed by atoms with van der Waals surface area (Å²) in [6.07, 6.45) is 1.59. The summed E-state index contributed by atoms with van der Waals surface area (Å²) in [6, 6.07) is 11.9. The van der Waals surface area contributed by atoms with Gasteiger partial charge in [0, 0.05) is 5.56 Å². The number of halogens is 1. The van der Waals surface area contributed by atoms with Crippen molar-refractivity contribution < 1.29 is 0 Å². The molecule has 1 atom stereocenters. The number of nitrogen functional groups attached to an aromatic ring is 1. The summed E-state index contributed by atoms with van der Waals surface area (Å²) < 4.78 is 0. The Balaban J connectivity index is 2.46. The van der Waals surface area contributed by atoms with Crippen LogP contribution < -0.4 is 11.1 Å². The van der Waals surface area contributed by atoms with Crippen LogP contribution in [0.4, 0.5) is 5.69 Å². The van der Waals surface area contributed by atoms with E-state index in [0.29, 0.717) is 10.8 Å². The van der Waals surface area contributed by atoms with Crippen LogP contribution in [0.2, 0.25) is 5.15 Å². The molecule has 3 N–H and O–H groups in total. The highest BCUT2D eigenvalue weighted by Gasteiger charge is 2.15. The molecule has 0 bridgehead atoms. The van der Waals surface area contributed by atoms with Gasteiger partial charge >= 0.3 is 0 Å². The lowest BCUT2D eigenvalue weighted by atomic mass is 9.99. The molecule has 0 aliphatic rings. The second-order valence-electron chi connectivity index (χ2n) is 3.77. The van der Waals surface area contributed by atoms with Crippen molar-refractivity contribution in [2.75, 3.05) is 12.8 Å². The fourth-order valence-corrected chi connectivity index (χ4v) is 2.02. The number of hydrogen-bond acceptors (Lipinski definition) is 3. The monoisotopic (exact) mass is 247 g/mol. The molecule has 88 valence electrons. The number of aromatic nitrogens is 1. The lowest BCUT2D eigenvalue weighted by molar-refractivity contribution is 0.693. The molecule has 4 heteroatoms. The van der Waals surface area contributed by atoms with Gasteiger partial charge in [0.2, 0.25) is 0 Å². The fourth-order valence-electron chi connectivity index (χ4n) is 1.85. The van der Waals surface area contributed by atoms with E-state index in [1.165, 1.54) is 0 Å². The Labute approximate surface area is 106 Å². The van der Waals surface area contributed by atoms with E-state index in [0.717, 1.165) is 11.1 Å². The van der Waals surface area contributed by atoms with Gasteiger partial charge in [-0.3, -0.25) is 0 Å². The predicted octanol–water partition coefficient (Wildman–Crippen LogP) is 2.63. The summed E-state index contributed by atoms with van der Waals surface area (Å²) in [5.74, 6) is 0. The number of nitrogens with zero attached hydrogens (tertiary/aromatic N) is 1. The number of hydrogen-bond donors (Lipinski definition) is 2. The van der Waals surface area contributed by atoms with Crippen LogP contribution in [0.5, 0.6) is 0 Å². The molecular weight excluding hydrogens is 234 g/mol.